The van der Waals surface area contributed by atoms with Crippen LogP contribution in [0.4, 0.5) is 0 Å². The molecule has 0 amide bonds. The molecule has 4 heteroatoms. The van der Waals surface area contributed by atoms with E-state index in [-0.39, 0.29) is 0 Å². The van der Waals surface area contributed by atoms with Gasteiger partial charge in [0, 0.05) is 54.5 Å². The normalized spacial score (nSPS) is 25.1. The van der Waals surface area contributed by atoms with Gasteiger partial charge in [-0.3, -0.25) is 9.11 Å². The van der Waals surface area contributed by atoms with E-state index < -0.39 is 10.8 Å². The lowest BCUT2D eigenvalue weighted by Gasteiger charge is -2.42. The molecule has 3 atom stereocenters. The minimum absolute atomic E-state index is 0.493. The highest BCUT2D eigenvalue weighted by Gasteiger charge is 2.29. The van der Waals surface area contributed by atoms with Gasteiger partial charge in [0.05, 0.1) is 0 Å². The van der Waals surface area contributed by atoms with Crippen molar-refractivity contribution in [2.24, 2.45) is 5.92 Å². The quantitative estimate of drug-likeness (QED) is 0.871. The van der Waals surface area contributed by atoms with Crippen LogP contribution in [0.1, 0.15) is 19.4 Å². The smallest absolute Gasteiger partial charge is 0.0359 e. The molecule has 3 unspecified atom stereocenters. The van der Waals surface area contributed by atoms with Crippen LogP contribution in [0.5, 0.6) is 0 Å². The number of hydrogen-bond donors (Lipinski definition) is 1. The molecule has 0 saturated carbocycles. The predicted molar refractivity (Wildman–Crippen MR) is 91.1 cm³/mol. The first-order chi connectivity index (χ1) is 10.1. The van der Waals surface area contributed by atoms with Gasteiger partial charge < -0.3 is 5.32 Å². The summed E-state index contributed by atoms with van der Waals surface area (Å²) in [7, 11) is -0.707. The van der Waals surface area contributed by atoms with Gasteiger partial charge in [-0.15, -0.1) is 0 Å². The third-order valence-electron chi connectivity index (χ3n) is 4.30. The molecular formula is C17H28N2OS. The maximum atomic E-state index is 11.4. The van der Waals surface area contributed by atoms with Crippen molar-refractivity contribution in [3.05, 3.63) is 35.9 Å². The SMILES string of the molecule is CC(C)C1CNC(Cc2ccccc2)CN1CCS(C)=O. The lowest BCUT2D eigenvalue weighted by Crippen LogP contribution is -2.59. The second-order valence-corrected chi connectivity index (χ2v) is 7.93. The number of benzene rings is 1. The Kier molecular flexibility index (Phi) is 6.40. The third-order valence-corrected chi connectivity index (χ3v) is 5.06. The molecule has 1 aromatic rings. The van der Waals surface area contributed by atoms with Crippen LogP contribution in [-0.4, -0.2) is 52.8 Å². The molecule has 21 heavy (non-hydrogen) atoms. The van der Waals surface area contributed by atoms with Crippen LogP contribution in [0.25, 0.3) is 0 Å². The molecule has 118 valence electrons. The van der Waals surface area contributed by atoms with Crippen LogP contribution >= 0.6 is 0 Å². The lowest BCUT2D eigenvalue weighted by molar-refractivity contribution is 0.105. The molecule has 1 aromatic carbocycles. The van der Waals surface area contributed by atoms with Crippen molar-refractivity contribution in [3.8, 4) is 0 Å². The highest BCUT2D eigenvalue weighted by atomic mass is 32.2. The summed E-state index contributed by atoms with van der Waals surface area (Å²) in [5, 5.41) is 3.70. The number of nitrogens with zero attached hydrogens (tertiary/aromatic N) is 1. The summed E-state index contributed by atoms with van der Waals surface area (Å²) in [5.74, 6) is 1.40. The summed E-state index contributed by atoms with van der Waals surface area (Å²) in [5.41, 5.74) is 1.39. The summed E-state index contributed by atoms with van der Waals surface area (Å²) in [6, 6.07) is 11.7. The zero-order valence-corrected chi connectivity index (χ0v) is 14.2. The summed E-state index contributed by atoms with van der Waals surface area (Å²) >= 11 is 0. The number of nitrogens with one attached hydrogen (secondary N) is 1. The maximum absolute atomic E-state index is 11.4. The van der Waals surface area contributed by atoms with Crippen molar-refractivity contribution >= 4 is 10.8 Å². The Morgan fingerprint density at radius 1 is 1.33 bits per heavy atom. The van der Waals surface area contributed by atoms with E-state index >= 15 is 0 Å². The molecular weight excluding hydrogens is 280 g/mol. The Bertz CT molecular complexity index is 449. The zero-order valence-electron chi connectivity index (χ0n) is 13.4. The van der Waals surface area contributed by atoms with Gasteiger partial charge in [-0.25, -0.2) is 0 Å². The van der Waals surface area contributed by atoms with Gasteiger partial charge in [-0.2, -0.15) is 0 Å². The number of rotatable bonds is 6. The van der Waals surface area contributed by atoms with E-state index in [1.54, 1.807) is 6.26 Å². The van der Waals surface area contributed by atoms with E-state index in [1.165, 1.54) is 5.56 Å². The fourth-order valence-electron chi connectivity index (χ4n) is 3.10. The summed E-state index contributed by atoms with van der Waals surface area (Å²) in [6.07, 6.45) is 2.87. The molecule has 1 saturated heterocycles. The molecule has 1 aliphatic rings. The molecule has 1 N–H and O–H groups in total. The highest BCUT2D eigenvalue weighted by Crippen LogP contribution is 2.17. The fourth-order valence-corrected chi connectivity index (χ4v) is 3.59. The minimum Gasteiger partial charge on any atom is -0.311 e. The topological polar surface area (TPSA) is 32.3 Å². The van der Waals surface area contributed by atoms with Gasteiger partial charge in [-0.1, -0.05) is 44.2 Å². The molecule has 1 heterocycles. The largest absolute Gasteiger partial charge is 0.311 e. The summed E-state index contributed by atoms with van der Waals surface area (Å²) < 4.78 is 11.4. The van der Waals surface area contributed by atoms with Crippen molar-refractivity contribution in [2.45, 2.75) is 32.4 Å². The first-order valence-corrected chi connectivity index (χ1v) is 9.60. The van der Waals surface area contributed by atoms with E-state index in [0.29, 0.717) is 18.0 Å². The third kappa shape index (κ3) is 5.20. The van der Waals surface area contributed by atoms with E-state index in [0.717, 1.165) is 31.8 Å². The Morgan fingerprint density at radius 2 is 2.05 bits per heavy atom. The fraction of sp³-hybridized carbons (Fsp3) is 0.647. The highest BCUT2D eigenvalue weighted by molar-refractivity contribution is 7.84. The molecule has 0 aliphatic carbocycles. The van der Waals surface area contributed by atoms with Crippen molar-refractivity contribution in [1.82, 2.24) is 10.2 Å². The van der Waals surface area contributed by atoms with Gasteiger partial charge in [-0.05, 0) is 17.9 Å². The van der Waals surface area contributed by atoms with Gasteiger partial charge >= 0.3 is 0 Å². The number of hydrogen-bond acceptors (Lipinski definition) is 3. The van der Waals surface area contributed by atoms with Gasteiger partial charge in [0.1, 0.15) is 0 Å². The molecule has 0 radical (unpaired) electrons. The summed E-state index contributed by atoms with van der Waals surface area (Å²) in [4.78, 5) is 2.54. The van der Waals surface area contributed by atoms with Crippen molar-refractivity contribution in [3.63, 3.8) is 0 Å². The first-order valence-electron chi connectivity index (χ1n) is 7.87. The average molecular weight is 308 g/mol. The second-order valence-electron chi connectivity index (χ2n) is 6.38. The predicted octanol–water partition coefficient (Wildman–Crippen LogP) is 1.91. The maximum Gasteiger partial charge on any atom is 0.0359 e. The Hall–Kier alpha value is -0.710. The standard InChI is InChI=1S/C17H28N2OS/c1-14(2)17-12-18-16(11-15-7-5-4-6-8-15)13-19(17)9-10-21(3)20/h4-8,14,16-18H,9-13H2,1-3H3. The summed E-state index contributed by atoms with van der Waals surface area (Å²) in [6.45, 7) is 7.58. The Labute approximate surface area is 131 Å². The molecule has 1 fully saturated rings. The van der Waals surface area contributed by atoms with E-state index in [9.17, 15) is 4.21 Å². The van der Waals surface area contributed by atoms with E-state index in [2.05, 4.69) is 54.4 Å². The van der Waals surface area contributed by atoms with Crippen LogP contribution in [0.2, 0.25) is 0 Å². The average Bonchev–Trinajstić information content (AvgIpc) is 2.46. The van der Waals surface area contributed by atoms with E-state index in [4.69, 9.17) is 0 Å². The Morgan fingerprint density at radius 3 is 2.67 bits per heavy atom. The molecule has 0 aromatic heterocycles. The molecule has 3 nitrogen and oxygen atoms in total. The van der Waals surface area contributed by atoms with Gasteiger partial charge in [0.2, 0.25) is 0 Å². The van der Waals surface area contributed by atoms with Crippen LogP contribution in [0, 0.1) is 5.92 Å². The molecule has 2 rings (SSSR count). The number of piperazine rings is 1. The van der Waals surface area contributed by atoms with Crippen LogP contribution in [0.15, 0.2) is 30.3 Å². The van der Waals surface area contributed by atoms with Crippen molar-refractivity contribution < 1.29 is 4.21 Å². The van der Waals surface area contributed by atoms with Crippen LogP contribution in [0.3, 0.4) is 0 Å². The zero-order chi connectivity index (χ0) is 15.2. The van der Waals surface area contributed by atoms with Gasteiger partial charge in [0.25, 0.3) is 0 Å². The molecule has 1 aliphatic heterocycles. The van der Waals surface area contributed by atoms with Gasteiger partial charge in [0.15, 0.2) is 0 Å². The van der Waals surface area contributed by atoms with Crippen molar-refractivity contribution in [1.29, 1.82) is 0 Å². The van der Waals surface area contributed by atoms with Crippen LogP contribution in [-0.2, 0) is 17.2 Å². The minimum atomic E-state index is -0.707. The molecule has 0 spiro atoms. The monoisotopic (exact) mass is 308 g/mol. The second kappa shape index (κ2) is 8.06. The van der Waals surface area contributed by atoms with E-state index in [1.807, 2.05) is 0 Å². The molecule has 0 bridgehead atoms. The van der Waals surface area contributed by atoms with Crippen molar-refractivity contribution in [2.75, 3.05) is 31.6 Å². The first kappa shape index (κ1) is 16.7. The van der Waals surface area contributed by atoms with Crippen LogP contribution < -0.4 is 5.32 Å². The lowest BCUT2D eigenvalue weighted by atomic mass is 9.96. The Balaban J connectivity index is 1.95.